The van der Waals surface area contributed by atoms with Crippen LogP contribution in [0.1, 0.15) is 34.1 Å². The number of halogens is 2. The van der Waals surface area contributed by atoms with E-state index in [2.05, 4.69) is 0 Å². The molecule has 1 aliphatic heterocycles. The molecule has 0 aliphatic carbocycles. The van der Waals surface area contributed by atoms with Crippen molar-refractivity contribution in [2.75, 3.05) is 13.2 Å². The molecule has 3 heteroatoms. The summed E-state index contributed by atoms with van der Waals surface area (Å²) in [6, 6.07) is 0.140. The van der Waals surface area contributed by atoms with Gasteiger partial charge in [0.2, 0.25) is 0 Å². The van der Waals surface area contributed by atoms with Crippen LogP contribution in [0, 0.1) is 0 Å². The number of rotatable bonds is 1. The Morgan fingerprint density at radius 3 is 2.23 bits per heavy atom. The van der Waals surface area contributed by atoms with Gasteiger partial charge in [-0.05, 0) is 27.7 Å². The topological polar surface area (TPSA) is 3.24 Å². The highest BCUT2D eigenvalue weighted by Gasteiger charge is 2.46. The minimum atomic E-state index is -1.60. The van der Waals surface area contributed by atoms with Gasteiger partial charge in [0, 0.05) is 24.5 Å². The van der Waals surface area contributed by atoms with Gasteiger partial charge >= 0.3 is 0 Å². The first-order valence-corrected chi connectivity index (χ1v) is 4.80. The molecule has 0 radical (unpaired) electrons. The maximum absolute atomic E-state index is 13.7. The second-order valence-electron chi connectivity index (χ2n) is 5.14. The van der Waals surface area contributed by atoms with Gasteiger partial charge in [-0.1, -0.05) is 0 Å². The van der Waals surface area contributed by atoms with E-state index in [4.69, 9.17) is 0 Å². The maximum atomic E-state index is 13.7. The van der Waals surface area contributed by atoms with E-state index in [0.29, 0.717) is 6.42 Å². The smallest absolute Gasteiger partial charge is 0.153 e. The summed E-state index contributed by atoms with van der Waals surface area (Å²) in [5.74, 6) is 0. The maximum Gasteiger partial charge on any atom is 0.153 e. The zero-order chi connectivity index (χ0) is 10.3. The van der Waals surface area contributed by atoms with Gasteiger partial charge in [0.25, 0.3) is 0 Å². The third-order valence-electron chi connectivity index (χ3n) is 2.75. The second-order valence-corrected chi connectivity index (χ2v) is 5.14. The Kier molecular flexibility index (Phi) is 2.68. The number of nitrogens with zero attached hydrogens (tertiary/aromatic N) is 1. The summed E-state index contributed by atoms with van der Waals surface area (Å²) in [6.45, 7) is 7.44. The van der Waals surface area contributed by atoms with Crippen LogP contribution in [0.4, 0.5) is 8.78 Å². The highest BCUT2D eigenvalue weighted by molar-refractivity contribution is 4.99. The van der Waals surface area contributed by atoms with Crippen LogP contribution < -0.4 is 0 Å². The van der Waals surface area contributed by atoms with Crippen LogP contribution in [0.5, 0.6) is 0 Å². The lowest BCUT2D eigenvalue weighted by Gasteiger charge is -2.35. The van der Waals surface area contributed by atoms with E-state index in [1.807, 2.05) is 32.6 Å². The second kappa shape index (κ2) is 3.19. The van der Waals surface area contributed by atoms with Crippen molar-refractivity contribution in [3.05, 3.63) is 0 Å². The number of hydrogen-bond donors (Lipinski definition) is 0. The summed E-state index contributed by atoms with van der Waals surface area (Å²) >= 11 is 0. The molecule has 0 aromatic rings. The fraction of sp³-hybridized carbons (Fsp3) is 1.00. The Hall–Kier alpha value is -0.180. The lowest BCUT2D eigenvalue weighted by atomic mass is 10.1. The molecular weight excluding hydrogens is 172 g/mol. The zero-order valence-corrected chi connectivity index (χ0v) is 8.90. The molecule has 0 N–H and O–H groups in total. The van der Waals surface area contributed by atoms with Crippen molar-refractivity contribution in [3.63, 3.8) is 0 Å². The predicted molar refractivity (Wildman–Crippen MR) is 50.4 cm³/mol. The van der Waals surface area contributed by atoms with Crippen LogP contribution in [0.25, 0.3) is 0 Å². The van der Waals surface area contributed by atoms with E-state index in [9.17, 15) is 8.78 Å². The Morgan fingerprint density at radius 2 is 2.00 bits per heavy atom. The summed E-state index contributed by atoms with van der Waals surface area (Å²) < 4.78 is 26.1. The largest absolute Gasteiger partial charge is 0.292 e. The van der Waals surface area contributed by atoms with Gasteiger partial charge in [-0.15, -0.1) is 0 Å². The van der Waals surface area contributed by atoms with Gasteiger partial charge in [0.15, 0.2) is 5.67 Å². The highest BCUT2D eigenvalue weighted by atomic mass is 19.2. The van der Waals surface area contributed by atoms with Crippen molar-refractivity contribution >= 4 is 0 Å². The first-order chi connectivity index (χ1) is 5.78. The van der Waals surface area contributed by atoms with Gasteiger partial charge in [-0.3, -0.25) is 4.90 Å². The summed E-state index contributed by atoms with van der Waals surface area (Å²) in [6.07, 6.45) is 0.320. The van der Waals surface area contributed by atoms with Gasteiger partial charge in [-0.25, -0.2) is 8.78 Å². The van der Waals surface area contributed by atoms with Crippen molar-refractivity contribution in [1.82, 2.24) is 4.90 Å². The molecule has 0 saturated carbocycles. The van der Waals surface area contributed by atoms with Crippen molar-refractivity contribution in [3.8, 4) is 0 Å². The van der Waals surface area contributed by atoms with Crippen molar-refractivity contribution in [2.24, 2.45) is 0 Å². The molecule has 0 bridgehead atoms. The average molecular weight is 191 g/mol. The molecule has 78 valence electrons. The van der Waals surface area contributed by atoms with E-state index < -0.39 is 12.3 Å². The number of likely N-dealkylation sites (tertiary alicyclic amines) is 1. The first kappa shape index (κ1) is 10.9. The third kappa shape index (κ3) is 2.19. The Morgan fingerprint density at radius 1 is 1.46 bits per heavy atom. The molecule has 1 heterocycles. The van der Waals surface area contributed by atoms with E-state index in [0.717, 1.165) is 0 Å². The molecule has 1 nitrogen and oxygen atoms in total. The van der Waals surface area contributed by atoms with Crippen LogP contribution in [0.2, 0.25) is 0 Å². The van der Waals surface area contributed by atoms with Gasteiger partial charge in [-0.2, -0.15) is 0 Å². The minimum absolute atomic E-state index is 0.0670. The molecule has 0 aromatic heterocycles. The molecule has 1 rings (SSSR count). The molecule has 2 atom stereocenters. The van der Waals surface area contributed by atoms with Crippen molar-refractivity contribution in [1.29, 1.82) is 0 Å². The molecule has 13 heavy (non-hydrogen) atoms. The fourth-order valence-electron chi connectivity index (χ4n) is 2.16. The SMILES string of the molecule is C[C@@H]1C[C@](F)(CF)CN1C(C)(C)C. The Labute approximate surface area is 79.1 Å². The average Bonchev–Trinajstić information content (AvgIpc) is 2.27. The van der Waals surface area contributed by atoms with E-state index in [1.165, 1.54) is 0 Å². The standard InChI is InChI=1S/C10H19F2N/c1-8-5-10(12,6-11)7-13(8)9(2,3)4/h8H,5-7H2,1-4H3/t8-,10+/m1/s1. The van der Waals surface area contributed by atoms with E-state index >= 15 is 0 Å². The van der Waals surface area contributed by atoms with Gasteiger partial charge < -0.3 is 0 Å². The molecule has 0 spiro atoms. The monoisotopic (exact) mass is 191 g/mol. The molecule has 0 unspecified atom stereocenters. The molecule has 0 amide bonds. The highest BCUT2D eigenvalue weighted by Crippen LogP contribution is 2.35. The quantitative estimate of drug-likeness (QED) is 0.615. The number of alkyl halides is 2. The van der Waals surface area contributed by atoms with E-state index in [-0.39, 0.29) is 18.1 Å². The fourth-order valence-corrected chi connectivity index (χ4v) is 2.16. The lowest BCUT2D eigenvalue weighted by Crippen LogP contribution is -2.45. The van der Waals surface area contributed by atoms with Crippen LogP contribution in [0.15, 0.2) is 0 Å². The summed E-state index contributed by atoms with van der Waals surface area (Å²) in [7, 11) is 0. The summed E-state index contributed by atoms with van der Waals surface area (Å²) in [5.41, 5.74) is -1.67. The summed E-state index contributed by atoms with van der Waals surface area (Å²) in [5, 5.41) is 0. The molecule has 1 aliphatic rings. The predicted octanol–water partition coefficient (Wildman–Crippen LogP) is 2.56. The van der Waals surface area contributed by atoms with Crippen LogP contribution in [0.3, 0.4) is 0 Å². The minimum Gasteiger partial charge on any atom is -0.292 e. The molecule has 1 fully saturated rings. The third-order valence-corrected chi connectivity index (χ3v) is 2.75. The zero-order valence-electron chi connectivity index (χ0n) is 8.90. The molecule has 0 aromatic carbocycles. The van der Waals surface area contributed by atoms with Crippen LogP contribution >= 0.6 is 0 Å². The summed E-state index contributed by atoms with van der Waals surface area (Å²) in [4.78, 5) is 2.03. The first-order valence-electron chi connectivity index (χ1n) is 4.80. The molecular formula is C10H19F2N. The van der Waals surface area contributed by atoms with Gasteiger partial charge in [0.1, 0.15) is 6.67 Å². The van der Waals surface area contributed by atoms with Crippen molar-refractivity contribution < 1.29 is 8.78 Å². The molecule has 1 saturated heterocycles. The van der Waals surface area contributed by atoms with Crippen LogP contribution in [-0.2, 0) is 0 Å². The van der Waals surface area contributed by atoms with E-state index in [1.54, 1.807) is 0 Å². The Balaban J connectivity index is 2.72. The normalized spacial score (nSPS) is 36.9. The lowest BCUT2D eigenvalue weighted by molar-refractivity contribution is 0.0876. The van der Waals surface area contributed by atoms with Gasteiger partial charge in [0.05, 0.1) is 0 Å². The number of hydrogen-bond acceptors (Lipinski definition) is 1. The Bertz CT molecular complexity index is 188. The van der Waals surface area contributed by atoms with Crippen molar-refractivity contribution in [2.45, 2.75) is 51.4 Å². The van der Waals surface area contributed by atoms with Crippen LogP contribution in [-0.4, -0.2) is 35.4 Å².